The van der Waals surface area contributed by atoms with Gasteiger partial charge in [0.25, 0.3) is 0 Å². The fourth-order valence-electron chi connectivity index (χ4n) is 6.59. The summed E-state index contributed by atoms with van der Waals surface area (Å²) in [6, 6.07) is 38.8. The molecule has 7 rings (SSSR count). The first-order valence-corrected chi connectivity index (χ1v) is 16.5. The van der Waals surface area contributed by atoms with Gasteiger partial charge in [0, 0.05) is 28.1 Å². The van der Waals surface area contributed by atoms with Crippen LogP contribution in [-0.2, 0) is 6.42 Å². The van der Waals surface area contributed by atoms with Crippen molar-refractivity contribution < 1.29 is 9.57 Å². The van der Waals surface area contributed by atoms with Gasteiger partial charge in [0.2, 0.25) is 5.88 Å². The monoisotopic (exact) mass is 628 g/mol. The Bertz CT molecular complexity index is 2190. The summed E-state index contributed by atoms with van der Waals surface area (Å²) in [7, 11) is 0. The molecule has 0 aliphatic carbocycles. The molecule has 48 heavy (non-hydrogen) atoms. The van der Waals surface area contributed by atoms with Gasteiger partial charge in [-0.1, -0.05) is 104 Å². The van der Waals surface area contributed by atoms with E-state index in [1.165, 1.54) is 16.7 Å². The van der Waals surface area contributed by atoms with Gasteiger partial charge in [-0.3, -0.25) is 4.57 Å². The van der Waals surface area contributed by atoms with Crippen molar-refractivity contribution >= 4 is 22.3 Å². The minimum Gasteiger partial charge on any atom is -0.445 e. The van der Waals surface area contributed by atoms with Crippen LogP contribution in [0.15, 0.2) is 146 Å². The lowest BCUT2D eigenvalue weighted by molar-refractivity contribution is 0.323. The lowest BCUT2D eigenvalue weighted by Gasteiger charge is -2.25. The number of hydrogen-bond donors (Lipinski definition) is 0. The second-order valence-corrected chi connectivity index (χ2v) is 12.6. The molecule has 0 unspecified atom stereocenters. The van der Waals surface area contributed by atoms with Gasteiger partial charge < -0.3 is 9.57 Å². The predicted molar refractivity (Wildman–Crippen MR) is 200 cm³/mol. The molecule has 0 amide bonds. The molecule has 0 N–H and O–H groups in total. The van der Waals surface area contributed by atoms with Gasteiger partial charge >= 0.3 is 0 Å². The molecular weight excluding hydrogens is 588 g/mol. The van der Waals surface area contributed by atoms with E-state index in [1.807, 2.05) is 18.1 Å². The third-order valence-corrected chi connectivity index (χ3v) is 9.07. The van der Waals surface area contributed by atoms with Crippen LogP contribution < -0.4 is 14.6 Å². The number of nitrogens with zero attached hydrogens (tertiary/aromatic N) is 2. The maximum atomic E-state index is 6.72. The Morgan fingerprint density at radius 3 is 2.19 bits per heavy atom. The number of allylic oxidation sites excluding steroid dienone is 4. The smallest absolute Gasteiger partial charge is 0.208 e. The number of aryl methyl sites for hydroxylation is 2. The van der Waals surface area contributed by atoms with Crippen LogP contribution in [0.1, 0.15) is 47.6 Å². The molecule has 2 heterocycles. The van der Waals surface area contributed by atoms with Crippen molar-refractivity contribution in [3.05, 3.63) is 174 Å². The number of aromatic nitrogens is 1. The van der Waals surface area contributed by atoms with E-state index >= 15 is 0 Å². The summed E-state index contributed by atoms with van der Waals surface area (Å²) in [5.74, 6) is 2.39. The van der Waals surface area contributed by atoms with Crippen LogP contribution >= 0.6 is 0 Å². The summed E-state index contributed by atoms with van der Waals surface area (Å²) in [5.41, 5.74) is 12.3. The summed E-state index contributed by atoms with van der Waals surface area (Å²) >= 11 is 0. The fraction of sp³-hybridized carbons (Fsp3) is 0.136. The van der Waals surface area contributed by atoms with Crippen molar-refractivity contribution in [2.45, 2.75) is 40.0 Å². The van der Waals surface area contributed by atoms with E-state index < -0.39 is 0 Å². The molecule has 0 fully saturated rings. The summed E-state index contributed by atoms with van der Waals surface area (Å²) in [6.07, 6.45) is 6.60. The highest BCUT2D eigenvalue weighted by molar-refractivity contribution is 5.93. The molecule has 0 saturated carbocycles. The number of hydrogen-bond acceptors (Lipinski definition) is 3. The maximum absolute atomic E-state index is 6.72. The van der Waals surface area contributed by atoms with E-state index in [1.54, 1.807) is 6.08 Å². The molecule has 0 bridgehead atoms. The topological polar surface area (TPSA) is 26.6 Å². The molecule has 0 spiro atoms. The van der Waals surface area contributed by atoms with Crippen molar-refractivity contribution in [1.29, 1.82) is 0 Å². The van der Waals surface area contributed by atoms with Crippen LogP contribution in [0.2, 0.25) is 0 Å². The zero-order valence-corrected chi connectivity index (χ0v) is 28.0. The van der Waals surface area contributed by atoms with Gasteiger partial charge in [-0.15, -0.1) is 0 Å². The van der Waals surface area contributed by atoms with Crippen molar-refractivity contribution in [2.24, 2.45) is 0 Å². The molecule has 1 aromatic heterocycles. The van der Waals surface area contributed by atoms with Gasteiger partial charge in [0.15, 0.2) is 5.75 Å². The lowest BCUT2D eigenvalue weighted by atomic mass is 9.89. The van der Waals surface area contributed by atoms with Gasteiger partial charge in [0.05, 0.1) is 22.7 Å². The SMILES string of the molecule is C=C/C=C\Cc1c(OC(=C)C)n(-c2ccc(C)cc2)c2ccc(-c3ccc4c(c3)[C@@H](C)c3ccccc3N(c3ccc(C)cc3)O4)cc12. The Morgan fingerprint density at radius 1 is 0.812 bits per heavy atom. The van der Waals surface area contributed by atoms with Crippen LogP contribution in [0.25, 0.3) is 27.7 Å². The summed E-state index contributed by atoms with van der Waals surface area (Å²) < 4.78 is 8.60. The van der Waals surface area contributed by atoms with E-state index in [9.17, 15) is 0 Å². The molecule has 238 valence electrons. The molecule has 4 nitrogen and oxygen atoms in total. The van der Waals surface area contributed by atoms with E-state index in [2.05, 4.69) is 154 Å². The van der Waals surface area contributed by atoms with Gasteiger partial charge in [0.1, 0.15) is 0 Å². The number of ether oxygens (including phenoxy) is 1. The number of benzene rings is 5. The minimum atomic E-state index is 0.119. The predicted octanol–water partition coefficient (Wildman–Crippen LogP) is 11.7. The number of fused-ring (bicyclic) bond motifs is 3. The Kier molecular flexibility index (Phi) is 8.24. The molecular formula is C44H40N2O2. The van der Waals surface area contributed by atoms with E-state index in [-0.39, 0.29) is 5.92 Å². The van der Waals surface area contributed by atoms with E-state index in [4.69, 9.17) is 9.57 Å². The van der Waals surface area contributed by atoms with Crippen LogP contribution in [0.5, 0.6) is 11.6 Å². The van der Waals surface area contributed by atoms with Crippen LogP contribution in [-0.4, -0.2) is 4.57 Å². The number of para-hydroxylation sites is 1. The standard InChI is InChI=1S/C44H40N2O2/c1-7-8-9-13-38-40-28-33(19-25-41(40)45(44(38)47-29(2)3)35-21-15-30(4)16-22-35)34-20-26-43-39(27-34)32(6)37-12-10-11-14-42(37)46(48-43)36-23-17-31(5)18-24-36/h7-12,14-28,32H,1-2,13H2,3-6H3/b9-8-/t32-/m0/s1. The first kappa shape index (κ1) is 30.9. The highest BCUT2D eigenvalue weighted by Crippen LogP contribution is 2.45. The summed E-state index contributed by atoms with van der Waals surface area (Å²) in [6.45, 7) is 16.3. The molecule has 4 heteroatoms. The Hall–Kier alpha value is -5.74. The third-order valence-electron chi connectivity index (χ3n) is 9.07. The normalized spacial score (nSPS) is 13.9. The number of anilines is 2. The summed E-state index contributed by atoms with van der Waals surface area (Å²) in [5, 5.41) is 3.09. The van der Waals surface area contributed by atoms with E-state index in [0.29, 0.717) is 12.2 Å². The number of rotatable bonds is 8. The second kappa shape index (κ2) is 12.8. The molecule has 0 saturated heterocycles. The average molecular weight is 629 g/mol. The zero-order valence-electron chi connectivity index (χ0n) is 28.0. The Morgan fingerprint density at radius 2 is 1.48 bits per heavy atom. The van der Waals surface area contributed by atoms with E-state index in [0.717, 1.165) is 61.8 Å². The van der Waals surface area contributed by atoms with Crippen LogP contribution in [0.3, 0.4) is 0 Å². The molecule has 5 aromatic carbocycles. The van der Waals surface area contributed by atoms with Crippen molar-refractivity contribution in [3.8, 4) is 28.4 Å². The largest absolute Gasteiger partial charge is 0.445 e. The minimum absolute atomic E-state index is 0.119. The lowest BCUT2D eigenvalue weighted by Crippen LogP contribution is -2.21. The highest BCUT2D eigenvalue weighted by atomic mass is 16.7. The first-order valence-electron chi connectivity index (χ1n) is 16.5. The Labute approximate surface area is 283 Å². The quantitative estimate of drug-likeness (QED) is 0.124. The second-order valence-electron chi connectivity index (χ2n) is 12.6. The molecule has 0 radical (unpaired) electrons. The van der Waals surface area contributed by atoms with Crippen LogP contribution in [0, 0.1) is 13.8 Å². The Balaban J connectivity index is 1.38. The van der Waals surface area contributed by atoms with Gasteiger partial charge in [-0.05, 0) is 98.5 Å². The fourth-order valence-corrected chi connectivity index (χ4v) is 6.59. The molecule has 1 atom stereocenters. The van der Waals surface area contributed by atoms with Crippen molar-refractivity contribution in [2.75, 3.05) is 5.06 Å². The third kappa shape index (κ3) is 5.71. The highest BCUT2D eigenvalue weighted by Gasteiger charge is 2.28. The maximum Gasteiger partial charge on any atom is 0.208 e. The van der Waals surface area contributed by atoms with Crippen molar-refractivity contribution in [1.82, 2.24) is 4.57 Å². The average Bonchev–Trinajstić information content (AvgIpc) is 3.32. The van der Waals surface area contributed by atoms with Gasteiger partial charge in [-0.25, -0.2) is 0 Å². The van der Waals surface area contributed by atoms with Crippen LogP contribution in [0.4, 0.5) is 11.4 Å². The van der Waals surface area contributed by atoms with Crippen molar-refractivity contribution in [3.63, 3.8) is 0 Å². The van der Waals surface area contributed by atoms with Gasteiger partial charge in [-0.2, -0.15) is 5.06 Å². The molecule has 1 aliphatic rings. The first-order chi connectivity index (χ1) is 23.3. The summed E-state index contributed by atoms with van der Waals surface area (Å²) in [4.78, 5) is 6.72. The molecule has 6 aromatic rings. The zero-order chi connectivity index (χ0) is 33.4. The molecule has 1 aliphatic heterocycles.